The molecule has 4 aromatic rings. The van der Waals surface area contributed by atoms with Gasteiger partial charge in [-0.3, -0.25) is 9.88 Å². The standard InChI is InChI=1S/C34H23F12N5O5/c1-14-27(15-3-16(32(38,39)40)5-17(4-15)33(41,42)43)56-30(54)51(14)11-25-20(9-48-29(49-25)50-12-31(36,37)13-50)18-6-19(23(35)8-26(18)55-2)24-7-22(34(44,45)46)21(10-47-24)28(52)53/h3-10,14,27H,11-13H2,1-2H3,(H,52,53). The second-order valence-electron chi connectivity index (χ2n) is 12.7. The summed E-state index contributed by atoms with van der Waals surface area (Å²) in [7, 11) is 1.07. The Morgan fingerprint density at radius 3 is 2.05 bits per heavy atom. The third-order valence-corrected chi connectivity index (χ3v) is 8.93. The molecule has 2 atom stereocenters. The van der Waals surface area contributed by atoms with E-state index in [1.807, 2.05) is 0 Å². The van der Waals surface area contributed by atoms with Gasteiger partial charge in [-0.15, -0.1) is 0 Å². The van der Waals surface area contributed by atoms with E-state index in [1.54, 1.807) is 0 Å². The predicted molar refractivity (Wildman–Crippen MR) is 167 cm³/mol. The van der Waals surface area contributed by atoms with E-state index in [2.05, 4.69) is 15.0 Å². The maximum absolute atomic E-state index is 15.5. The number of pyridine rings is 1. The fourth-order valence-electron chi connectivity index (χ4n) is 6.16. The molecule has 10 nitrogen and oxygen atoms in total. The molecule has 2 unspecified atom stereocenters. The number of hydrogen-bond acceptors (Lipinski definition) is 8. The number of rotatable bonds is 8. The molecule has 0 aliphatic carbocycles. The summed E-state index contributed by atoms with van der Waals surface area (Å²) < 4.78 is 177. The molecule has 56 heavy (non-hydrogen) atoms. The predicted octanol–water partition coefficient (Wildman–Crippen LogP) is 8.65. The minimum absolute atomic E-state index is 0.110. The number of carbonyl (C=O) groups is 2. The number of hydrogen-bond donors (Lipinski definition) is 1. The normalized spacial score (nSPS) is 18.5. The highest BCUT2D eigenvalue weighted by Gasteiger charge is 2.47. The van der Waals surface area contributed by atoms with Gasteiger partial charge in [0.1, 0.15) is 17.7 Å². The van der Waals surface area contributed by atoms with Crippen molar-refractivity contribution in [1.82, 2.24) is 19.9 Å². The van der Waals surface area contributed by atoms with Crippen molar-refractivity contribution < 1.29 is 76.9 Å². The summed E-state index contributed by atoms with van der Waals surface area (Å²) in [4.78, 5) is 38.7. The Morgan fingerprint density at radius 1 is 0.893 bits per heavy atom. The van der Waals surface area contributed by atoms with E-state index in [4.69, 9.17) is 9.47 Å². The van der Waals surface area contributed by atoms with Gasteiger partial charge in [0, 0.05) is 35.2 Å². The first kappa shape index (κ1) is 39.9. The van der Waals surface area contributed by atoms with Gasteiger partial charge in [-0.05, 0) is 42.8 Å². The fourth-order valence-corrected chi connectivity index (χ4v) is 6.16. The molecule has 4 heterocycles. The molecule has 0 spiro atoms. The first-order valence-electron chi connectivity index (χ1n) is 15.8. The van der Waals surface area contributed by atoms with Crippen molar-refractivity contribution in [2.75, 3.05) is 25.1 Å². The van der Waals surface area contributed by atoms with Crippen LogP contribution in [0.25, 0.3) is 22.4 Å². The number of amides is 1. The molecule has 1 amide bonds. The summed E-state index contributed by atoms with van der Waals surface area (Å²) in [6.45, 7) is -1.12. The van der Waals surface area contributed by atoms with E-state index in [9.17, 15) is 63.0 Å². The maximum Gasteiger partial charge on any atom is 0.417 e. The van der Waals surface area contributed by atoms with Crippen LogP contribution < -0.4 is 9.64 Å². The number of nitrogens with zero attached hydrogens (tertiary/aromatic N) is 5. The van der Waals surface area contributed by atoms with Crippen LogP contribution >= 0.6 is 0 Å². The lowest BCUT2D eigenvalue weighted by Crippen LogP contribution is -2.57. The van der Waals surface area contributed by atoms with Gasteiger partial charge in [-0.25, -0.2) is 32.7 Å². The van der Waals surface area contributed by atoms with Crippen molar-refractivity contribution in [2.45, 2.75) is 50.1 Å². The number of carboxylic acid groups (broad SMARTS) is 1. The Kier molecular flexibility index (Phi) is 9.77. The van der Waals surface area contributed by atoms with E-state index >= 15 is 4.39 Å². The van der Waals surface area contributed by atoms with E-state index in [0.717, 1.165) is 35.2 Å². The zero-order valence-electron chi connectivity index (χ0n) is 28.2. The van der Waals surface area contributed by atoms with Crippen molar-refractivity contribution in [3.8, 4) is 28.1 Å². The van der Waals surface area contributed by atoms with E-state index in [-0.39, 0.29) is 34.6 Å². The first-order chi connectivity index (χ1) is 25.9. The molecule has 2 aromatic heterocycles. The summed E-state index contributed by atoms with van der Waals surface area (Å²) in [6, 6.07) is 1.31. The van der Waals surface area contributed by atoms with Crippen LogP contribution in [0.4, 0.5) is 63.4 Å². The largest absolute Gasteiger partial charge is 0.496 e. The number of alkyl halides is 11. The van der Waals surface area contributed by atoms with Gasteiger partial charge in [-0.2, -0.15) is 39.5 Å². The smallest absolute Gasteiger partial charge is 0.417 e. The van der Waals surface area contributed by atoms with E-state index < -0.39 is 113 Å². The molecule has 2 aliphatic rings. The number of methoxy groups -OCH3 is 1. The highest BCUT2D eigenvalue weighted by molar-refractivity contribution is 5.90. The van der Waals surface area contributed by atoms with Crippen LogP contribution in [0.3, 0.4) is 0 Å². The van der Waals surface area contributed by atoms with E-state index in [0.29, 0.717) is 24.4 Å². The monoisotopic (exact) mass is 809 g/mol. The summed E-state index contributed by atoms with van der Waals surface area (Å²) in [5.41, 5.74) is -8.79. The van der Waals surface area contributed by atoms with Gasteiger partial charge >= 0.3 is 30.6 Å². The molecule has 2 aromatic carbocycles. The van der Waals surface area contributed by atoms with Crippen molar-refractivity contribution in [3.05, 3.63) is 88.1 Å². The summed E-state index contributed by atoms with van der Waals surface area (Å²) >= 11 is 0. The van der Waals surface area contributed by atoms with Crippen LogP contribution in [0.2, 0.25) is 0 Å². The lowest BCUT2D eigenvalue weighted by Gasteiger charge is -2.38. The third kappa shape index (κ3) is 7.68. The highest BCUT2D eigenvalue weighted by atomic mass is 19.4. The SMILES string of the molecule is COc1cc(F)c(-c2cc(C(F)(F)F)c(C(=O)O)cn2)cc1-c1cnc(N2CC(F)(F)C2)nc1CN1C(=O)OC(c2cc(C(F)(F)F)cc(C(F)(F)F)c2)C1C. The Labute approximate surface area is 306 Å². The number of aromatic carboxylic acids is 1. The molecule has 0 radical (unpaired) electrons. The lowest BCUT2D eigenvalue weighted by atomic mass is 9.96. The van der Waals surface area contributed by atoms with Crippen LogP contribution in [-0.2, 0) is 29.8 Å². The number of anilines is 1. The number of ether oxygens (including phenoxy) is 2. The van der Waals surface area contributed by atoms with Gasteiger partial charge in [0.05, 0.1) is 66.4 Å². The van der Waals surface area contributed by atoms with Crippen molar-refractivity contribution in [3.63, 3.8) is 0 Å². The van der Waals surface area contributed by atoms with Gasteiger partial charge in [0.25, 0.3) is 5.92 Å². The Hall–Kier alpha value is -5.83. The molecule has 2 saturated heterocycles. The van der Waals surface area contributed by atoms with Gasteiger partial charge < -0.3 is 19.5 Å². The molecule has 2 fully saturated rings. The van der Waals surface area contributed by atoms with Gasteiger partial charge in [-0.1, -0.05) is 0 Å². The van der Waals surface area contributed by atoms with Gasteiger partial charge in [0.15, 0.2) is 0 Å². The molecule has 2 aliphatic heterocycles. The molecule has 0 saturated carbocycles. The average molecular weight is 810 g/mol. The first-order valence-corrected chi connectivity index (χ1v) is 15.8. The zero-order valence-corrected chi connectivity index (χ0v) is 28.2. The summed E-state index contributed by atoms with van der Waals surface area (Å²) in [5, 5.41) is 9.26. The number of aromatic nitrogens is 3. The van der Waals surface area contributed by atoms with Crippen LogP contribution in [0.15, 0.2) is 48.8 Å². The number of carboxylic acids is 1. The third-order valence-electron chi connectivity index (χ3n) is 8.93. The minimum atomic E-state index is -5.23. The fraction of sp³-hybridized carbons (Fsp3) is 0.324. The van der Waals surface area contributed by atoms with Crippen LogP contribution in [0.1, 0.15) is 51.3 Å². The minimum Gasteiger partial charge on any atom is -0.496 e. The van der Waals surface area contributed by atoms with Crippen molar-refractivity contribution >= 4 is 18.0 Å². The highest BCUT2D eigenvalue weighted by Crippen LogP contribution is 2.44. The number of cyclic esters (lactones) is 1. The van der Waals surface area contributed by atoms with Crippen LogP contribution in [0, 0.1) is 5.82 Å². The quantitative estimate of drug-likeness (QED) is 0.175. The summed E-state index contributed by atoms with van der Waals surface area (Å²) in [5.74, 6) is -6.93. The second kappa shape index (κ2) is 13.7. The molecule has 22 heteroatoms. The molecular formula is C34H23F12N5O5. The van der Waals surface area contributed by atoms with Crippen LogP contribution in [0.5, 0.6) is 5.75 Å². The Morgan fingerprint density at radius 2 is 1.52 bits per heavy atom. The van der Waals surface area contributed by atoms with Crippen molar-refractivity contribution in [2.24, 2.45) is 0 Å². The average Bonchev–Trinajstić information content (AvgIpc) is 3.37. The molecule has 0 bridgehead atoms. The lowest BCUT2D eigenvalue weighted by molar-refractivity contribution is -0.143. The van der Waals surface area contributed by atoms with Crippen LogP contribution in [-0.4, -0.2) is 69.2 Å². The molecule has 298 valence electrons. The molecular weight excluding hydrogens is 786 g/mol. The Bertz CT molecular complexity index is 2190. The topological polar surface area (TPSA) is 118 Å². The molecule has 1 N–H and O–H groups in total. The number of halogens is 12. The molecule has 6 rings (SSSR count). The Balaban J connectivity index is 1.45. The summed E-state index contributed by atoms with van der Waals surface area (Å²) in [6.07, 6.45) is -17.2. The zero-order chi connectivity index (χ0) is 41.3. The number of benzene rings is 2. The number of carbonyl (C=O) groups excluding carboxylic acids is 1. The van der Waals surface area contributed by atoms with Crippen molar-refractivity contribution in [1.29, 1.82) is 0 Å². The van der Waals surface area contributed by atoms with E-state index in [1.165, 1.54) is 6.92 Å². The van der Waals surface area contributed by atoms with Gasteiger partial charge in [0.2, 0.25) is 5.95 Å². The second-order valence-corrected chi connectivity index (χ2v) is 12.7. The maximum atomic E-state index is 15.5.